The van der Waals surface area contributed by atoms with Crippen LogP contribution in [0, 0.1) is 0 Å². The smallest absolute Gasteiger partial charge is 0.337 e. The van der Waals surface area contributed by atoms with E-state index in [0.29, 0.717) is 22.5 Å². The molecule has 2 heterocycles. The van der Waals surface area contributed by atoms with Gasteiger partial charge < -0.3 is 20.8 Å². The zero-order valence-corrected chi connectivity index (χ0v) is 17.2. The Balaban J connectivity index is 1.73. The summed E-state index contributed by atoms with van der Waals surface area (Å²) in [5.41, 5.74) is 10.9. The largest absolute Gasteiger partial charge is 0.465 e. The first-order valence-electron chi connectivity index (χ1n) is 9.79. The van der Waals surface area contributed by atoms with Crippen molar-refractivity contribution in [3.8, 4) is 11.1 Å². The number of hydrogen-bond donors (Lipinski definition) is 3. The number of anilines is 1. The molecule has 0 spiro atoms. The number of methoxy groups -OCH3 is 1. The number of amides is 1. The predicted octanol–water partition coefficient (Wildman–Crippen LogP) is 4.29. The number of hydrogen-bond acceptors (Lipinski definition) is 5. The maximum absolute atomic E-state index is 13.0. The number of aromatic amines is 1. The first-order chi connectivity index (χ1) is 15.0. The first kappa shape index (κ1) is 20.3. The summed E-state index contributed by atoms with van der Waals surface area (Å²) >= 11 is 0. The fourth-order valence-corrected chi connectivity index (χ4v) is 3.54. The van der Waals surface area contributed by atoms with E-state index in [4.69, 9.17) is 10.5 Å². The minimum absolute atomic E-state index is 0.254. The van der Waals surface area contributed by atoms with Crippen molar-refractivity contribution in [3.05, 3.63) is 83.7 Å². The zero-order valence-electron chi connectivity index (χ0n) is 17.2. The molecule has 2 aromatic heterocycles. The van der Waals surface area contributed by atoms with Gasteiger partial charge in [-0.2, -0.15) is 0 Å². The Morgan fingerprint density at radius 3 is 2.71 bits per heavy atom. The van der Waals surface area contributed by atoms with Crippen LogP contribution in [0.3, 0.4) is 0 Å². The van der Waals surface area contributed by atoms with Gasteiger partial charge in [-0.25, -0.2) is 9.78 Å². The highest BCUT2D eigenvalue weighted by atomic mass is 16.5. The van der Waals surface area contributed by atoms with Crippen LogP contribution >= 0.6 is 0 Å². The van der Waals surface area contributed by atoms with Crippen LogP contribution in [-0.4, -0.2) is 29.0 Å². The van der Waals surface area contributed by atoms with Gasteiger partial charge >= 0.3 is 5.97 Å². The fraction of sp³-hybridized carbons (Fsp3) is 0.125. The van der Waals surface area contributed by atoms with Crippen molar-refractivity contribution in [2.75, 3.05) is 12.4 Å². The molecule has 4 rings (SSSR count). The molecule has 31 heavy (non-hydrogen) atoms. The average molecular weight is 414 g/mol. The zero-order chi connectivity index (χ0) is 22.0. The molecule has 0 aliphatic rings. The van der Waals surface area contributed by atoms with Crippen molar-refractivity contribution >= 4 is 28.6 Å². The number of pyridine rings is 1. The number of benzene rings is 2. The van der Waals surface area contributed by atoms with Crippen molar-refractivity contribution in [3.63, 3.8) is 0 Å². The monoisotopic (exact) mass is 414 g/mol. The summed E-state index contributed by atoms with van der Waals surface area (Å²) in [7, 11) is 1.34. The Morgan fingerprint density at radius 1 is 1.10 bits per heavy atom. The Labute approximate surface area is 179 Å². The van der Waals surface area contributed by atoms with Gasteiger partial charge in [0.05, 0.1) is 18.4 Å². The highest BCUT2D eigenvalue weighted by Gasteiger charge is 2.16. The van der Waals surface area contributed by atoms with Crippen LogP contribution in [0.5, 0.6) is 0 Å². The lowest BCUT2D eigenvalue weighted by Crippen LogP contribution is -2.14. The van der Waals surface area contributed by atoms with Gasteiger partial charge in [0.1, 0.15) is 5.65 Å². The molecule has 4 N–H and O–H groups in total. The SMILES string of the molecule is COC(=O)c1cccc(-c2cc(C(=O)Nc3ccnc4[nH]ccc34)ccc2C(C)N)c1. The van der Waals surface area contributed by atoms with Crippen LogP contribution in [0.2, 0.25) is 0 Å². The molecule has 156 valence electrons. The second-order valence-corrected chi connectivity index (χ2v) is 7.22. The van der Waals surface area contributed by atoms with E-state index in [2.05, 4.69) is 15.3 Å². The number of carbonyl (C=O) groups excluding carboxylic acids is 2. The molecule has 7 nitrogen and oxygen atoms in total. The van der Waals surface area contributed by atoms with Gasteiger partial charge in [-0.05, 0) is 60.0 Å². The topological polar surface area (TPSA) is 110 Å². The van der Waals surface area contributed by atoms with Gasteiger partial charge in [0.2, 0.25) is 0 Å². The number of esters is 1. The summed E-state index contributed by atoms with van der Waals surface area (Å²) in [6.07, 6.45) is 3.41. The molecule has 0 bridgehead atoms. The van der Waals surface area contributed by atoms with E-state index >= 15 is 0 Å². The molecule has 1 amide bonds. The number of nitrogens with two attached hydrogens (primary N) is 1. The summed E-state index contributed by atoms with van der Waals surface area (Å²) in [5, 5.41) is 3.78. The molecular formula is C24H22N4O3. The summed E-state index contributed by atoms with van der Waals surface area (Å²) < 4.78 is 4.83. The van der Waals surface area contributed by atoms with Gasteiger partial charge in [0, 0.05) is 29.4 Å². The van der Waals surface area contributed by atoms with Gasteiger partial charge in [-0.15, -0.1) is 0 Å². The van der Waals surface area contributed by atoms with E-state index in [1.54, 1.807) is 48.8 Å². The van der Waals surface area contributed by atoms with E-state index in [-0.39, 0.29) is 11.9 Å². The lowest BCUT2D eigenvalue weighted by Gasteiger charge is -2.16. The number of fused-ring (bicyclic) bond motifs is 1. The molecule has 0 aliphatic heterocycles. The van der Waals surface area contributed by atoms with Gasteiger partial charge in [0.15, 0.2) is 0 Å². The Bertz CT molecular complexity index is 1280. The number of aromatic nitrogens is 2. The standard InChI is InChI=1S/C24H22N4O3/c1-14(25)18-7-6-16(13-20(18)15-4-3-5-17(12-15)24(30)31-2)23(29)28-21-9-11-27-22-19(21)8-10-26-22/h3-14H,25H2,1-2H3,(H2,26,27,28,29). The number of H-pyrrole nitrogens is 1. The predicted molar refractivity (Wildman–Crippen MR) is 120 cm³/mol. The van der Waals surface area contributed by atoms with Crippen molar-refractivity contribution in [1.29, 1.82) is 0 Å². The van der Waals surface area contributed by atoms with Crippen molar-refractivity contribution in [2.45, 2.75) is 13.0 Å². The number of nitrogens with one attached hydrogen (secondary N) is 2. The van der Waals surface area contributed by atoms with Crippen molar-refractivity contribution in [2.24, 2.45) is 5.73 Å². The molecular weight excluding hydrogens is 392 g/mol. The average Bonchev–Trinajstić information content (AvgIpc) is 3.28. The second kappa shape index (κ2) is 8.41. The number of ether oxygens (including phenoxy) is 1. The van der Waals surface area contributed by atoms with Crippen LogP contribution < -0.4 is 11.1 Å². The van der Waals surface area contributed by atoms with E-state index in [1.165, 1.54) is 7.11 Å². The lowest BCUT2D eigenvalue weighted by molar-refractivity contribution is 0.0600. The maximum Gasteiger partial charge on any atom is 0.337 e. The van der Waals surface area contributed by atoms with Crippen molar-refractivity contribution < 1.29 is 14.3 Å². The highest BCUT2D eigenvalue weighted by molar-refractivity contribution is 6.09. The van der Waals surface area contributed by atoms with Crippen LogP contribution in [0.25, 0.3) is 22.2 Å². The Hall–Kier alpha value is -3.97. The molecule has 0 radical (unpaired) electrons. The summed E-state index contributed by atoms with van der Waals surface area (Å²) in [6.45, 7) is 1.88. The van der Waals surface area contributed by atoms with Crippen LogP contribution in [0.4, 0.5) is 5.69 Å². The maximum atomic E-state index is 13.0. The molecule has 0 aliphatic carbocycles. The molecule has 1 atom stereocenters. The minimum Gasteiger partial charge on any atom is -0.465 e. The summed E-state index contributed by atoms with van der Waals surface area (Å²) in [4.78, 5) is 32.2. The molecule has 0 fully saturated rings. The van der Waals surface area contributed by atoms with E-state index < -0.39 is 5.97 Å². The van der Waals surface area contributed by atoms with E-state index in [0.717, 1.165) is 22.1 Å². The lowest BCUT2D eigenvalue weighted by atomic mass is 9.92. The Morgan fingerprint density at radius 2 is 1.94 bits per heavy atom. The number of carbonyl (C=O) groups is 2. The van der Waals surface area contributed by atoms with Gasteiger partial charge in [-0.3, -0.25) is 4.79 Å². The van der Waals surface area contributed by atoms with E-state index in [1.807, 2.05) is 25.1 Å². The van der Waals surface area contributed by atoms with Gasteiger partial charge in [-0.1, -0.05) is 18.2 Å². The molecule has 4 aromatic rings. The number of nitrogens with zero attached hydrogens (tertiary/aromatic N) is 1. The first-order valence-corrected chi connectivity index (χ1v) is 9.79. The number of rotatable bonds is 5. The van der Waals surface area contributed by atoms with Crippen LogP contribution in [-0.2, 0) is 4.74 Å². The second-order valence-electron chi connectivity index (χ2n) is 7.22. The fourth-order valence-electron chi connectivity index (χ4n) is 3.54. The minimum atomic E-state index is -0.425. The summed E-state index contributed by atoms with van der Waals surface area (Å²) in [6, 6.07) is 15.8. The molecule has 0 saturated heterocycles. The third-order valence-corrected chi connectivity index (χ3v) is 5.11. The quantitative estimate of drug-likeness (QED) is 0.422. The third-order valence-electron chi connectivity index (χ3n) is 5.11. The molecule has 1 unspecified atom stereocenters. The molecule has 7 heteroatoms. The van der Waals surface area contributed by atoms with Gasteiger partial charge in [0.25, 0.3) is 5.91 Å². The highest BCUT2D eigenvalue weighted by Crippen LogP contribution is 2.30. The van der Waals surface area contributed by atoms with E-state index in [9.17, 15) is 9.59 Å². The molecule has 0 saturated carbocycles. The Kier molecular flexibility index (Phi) is 5.51. The van der Waals surface area contributed by atoms with Crippen LogP contribution in [0.15, 0.2) is 67.0 Å². The normalized spacial score (nSPS) is 11.8. The summed E-state index contributed by atoms with van der Waals surface area (Å²) in [5.74, 6) is -0.679. The third kappa shape index (κ3) is 4.04. The molecule has 2 aromatic carbocycles. The van der Waals surface area contributed by atoms with Crippen molar-refractivity contribution in [1.82, 2.24) is 9.97 Å². The van der Waals surface area contributed by atoms with Crippen LogP contribution in [0.1, 0.15) is 39.2 Å².